The highest BCUT2D eigenvalue weighted by molar-refractivity contribution is 6.30. The summed E-state index contributed by atoms with van der Waals surface area (Å²) in [6, 6.07) is 7.98. The summed E-state index contributed by atoms with van der Waals surface area (Å²) in [4.78, 5) is 15.1. The molecule has 1 heterocycles. The van der Waals surface area contributed by atoms with E-state index < -0.39 is 0 Å². The van der Waals surface area contributed by atoms with Gasteiger partial charge in [-0.3, -0.25) is 4.79 Å². The van der Waals surface area contributed by atoms with E-state index in [-0.39, 0.29) is 23.3 Å². The summed E-state index contributed by atoms with van der Waals surface area (Å²) < 4.78 is 0. The van der Waals surface area contributed by atoms with Crippen LogP contribution >= 0.6 is 11.6 Å². The number of carbonyl (C=O) groups excluding carboxylic acids is 1. The molecule has 3 N–H and O–H groups in total. The van der Waals surface area contributed by atoms with Crippen LogP contribution in [0.1, 0.15) is 45.6 Å². The van der Waals surface area contributed by atoms with E-state index >= 15 is 0 Å². The van der Waals surface area contributed by atoms with Crippen LogP contribution < -0.4 is 11.1 Å². The first-order valence-corrected chi connectivity index (χ1v) is 9.61. The van der Waals surface area contributed by atoms with Gasteiger partial charge in [0, 0.05) is 31.2 Å². The largest absolute Gasteiger partial charge is 0.341 e. The Labute approximate surface area is 157 Å². The number of nitrogens with zero attached hydrogens (tertiary/aromatic N) is 1. The van der Waals surface area contributed by atoms with Crippen LogP contribution in [0.4, 0.5) is 0 Å². The first-order chi connectivity index (χ1) is 11.8. The molecule has 2 atom stereocenters. The normalized spacial score (nSPS) is 21.4. The van der Waals surface area contributed by atoms with Crippen molar-refractivity contribution in [3.63, 3.8) is 0 Å². The van der Waals surface area contributed by atoms with Gasteiger partial charge in [0.15, 0.2) is 0 Å². The molecule has 0 aliphatic carbocycles. The van der Waals surface area contributed by atoms with E-state index in [9.17, 15) is 4.79 Å². The average molecular weight is 366 g/mol. The number of halogens is 1. The van der Waals surface area contributed by atoms with Crippen molar-refractivity contribution in [2.75, 3.05) is 26.2 Å². The van der Waals surface area contributed by atoms with Gasteiger partial charge in [0.2, 0.25) is 5.91 Å². The van der Waals surface area contributed by atoms with Crippen molar-refractivity contribution in [3.8, 4) is 0 Å². The fraction of sp³-hybridized carbons (Fsp3) is 0.650. The molecule has 5 heteroatoms. The molecular weight excluding hydrogens is 334 g/mol. The summed E-state index contributed by atoms with van der Waals surface area (Å²) in [5.41, 5.74) is 6.93. The highest BCUT2D eigenvalue weighted by atomic mass is 35.5. The fourth-order valence-electron chi connectivity index (χ4n) is 3.90. The number of nitrogens with two attached hydrogens (primary N) is 1. The van der Waals surface area contributed by atoms with Crippen molar-refractivity contribution < 1.29 is 4.79 Å². The second-order valence-corrected chi connectivity index (χ2v) is 8.54. The van der Waals surface area contributed by atoms with Crippen LogP contribution in [-0.2, 0) is 4.79 Å². The maximum atomic E-state index is 13.0. The predicted octanol–water partition coefficient (Wildman–Crippen LogP) is 3.26. The lowest BCUT2D eigenvalue weighted by atomic mass is 9.70. The van der Waals surface area contributed by atoms with Crippen molar-refractivity contribution in [1.29, 1.82) is 0 Å². The zero-order chi connectivity index (χ0) is 18.6. The van der Waals surface area contributed by atoms with Gasteiger partial charge in [0.05, 0.1) is 6.04 Å². The molecule has 4 nitrogen and oxygen atoms in total. The highest BCUT2D eigenvalue weighted by Gasteiger charge is 2.40. The summed E-state index contributed by atoms with van der Waals surface area (Å²) in [5.74, 6) is 0.880. The Balaban J connectivity index is 2.10. The molecule has 1 aliphatic rings. The van der Waals surface area contributed by atoms with E-state index in [1.807, 2.05) is 17.0 Å². The Morgan fingerprint density at radius 3 is 2.52 bits per heavy atom. The second-order valence-electron chi connectivity index (χ2n) is 8.11. The van der Waals surface area contributed by atoms with E-state index in [1.165, 1.54) is 5.56 Å². The molecule has 0 spiro atoms. The van der Waals surface area contributed by atoms with Crippen molar-refractivity contribution in [2.24, 2.45) is 17.1 Å². The molecular formula is C20H32ClN3O. The third-order valence-electron chi connectivity index (χ3n) is 5.25. The first-order valence-electron chi connectivity index (χ1n) is 9.24. The maximum absolute atomic E-state index is 13.0. The van der Waals surface area contributed by atoms with Gasteiger partial charge in [-0.25, -0.2) is 0 Å². The number of hydrogen-bond acceptors (Lipinski definition) is 3. The molecule has 0 radical (unpaired) electrons. The number of nitrogens with one attached hydrogen (secondary N) is 1. The van der Waals surface area contributed by atoms with Gasteiger partial charge in [-0.1, -0.05) is 51.4 Å². The molecule has 2 rings (SSSR count). The SMILES string of the molecule is CC(C)[C@@H](NCCN)C(=O)N1CCC(c2ccc(Cl)cc2)C(C)(C)C1. The third-order valence-corrected chi connectivity index (χ3v) is 5.51. The lowest BCUT2D eigenvalue weighted by Gasteiger charge is -2.46. The number of likely N-dealkylation sites (tertiary alicyclic amines) is 1. The van der Waals surface area contributed by atoms with Crippen LogP contribution in [0.25, 0.3) is 0 Å². The summed E-state index contributed by atoms with van der Waals surface area (Å²) in [6.45, 7) is 11.4. The molecule has 1 aliphatic heterocycles. The van der Waals surface area contributed by atoms with Crippen LogP contribution in [0.2, 0.25) is 5.02 Å². The van der Waals surface area contributed by atoms with Crippen LogP contribution in [0.3, 0.4) is 0 Å². The minimum absolute atomic E-state index is 0.0249. The maximum Gasteiger partial charge on any atom is 0.239 e. The van der Waals surface area contributed by atoms with Gasteiger partial charge >= 0.3 is 0 Å². The van der Waals surface area contributed by atoms with Crippen LogP contribution in [-0.4, -0.2) is 43.0 Å². The zero-order valence-electron chi connectivity index (χ0n) is 15.9. The molecule has 1 saturated heterocycles. The summed E-state index contributed by atoms with van der Waals surface area (Å²) in [5, 5.41) is 4.08. The third kappa shape index (κ3) is 4.96. The van der Waals surface area contributed by atoms with E-state index in [2.05, 4.69) is 45.1 Å². The topological polar surface area (TPSA) is 58.4 Å². The van der Waals surface area contributed by atoms with E-state index in [0.717, 1.165) is 24.5 Å². The van der Waals surface area contributed by atoms with Gasteiger partial charge in [-0.05, 0) is 41.4 Å². The molecule has 0 saturated carbocycles. The molecule has 25 heavy (non-hydrogen) atoms. The molecule has 1 aromatic carbocycles. The second kappa shape index (κ2) is 8.52. The molecule has 0 aromatic heterocycles. The van der Waals surface area contributed by atoms with Crippen molar-refractivity contribution >= 4 is 17.5 Å². The van der Waals surface area contributed by atoms with Gasteiger partial charge in [-0.2, -0.15) is 0 Å². The molecule has 1 fully saturated rings. The summed E-state index contributed by atoms with van der Waals surface area (Å²) in [7, 11) is 0. The fourth-order valence-corrected chi connectivity index (χ4v) is 4.03. The predicted molar refractivity (Wildman–Crippen MR) is 105 cm³/mol. The molecule has 0 bridgehead atoms. The van der Waals surface area contributed by atoms with Gasteiger partial charge in [-0.15, -0.1) is 0 Å². The number of hydrogen-bond donors (Lipinski definition) is 2. The van der Waals surface area contributed by atoms with Crippen LogP contribution in [0.15, 0.2) is 24.3 Å². The molecule has 1 amide bonds. The monoisotopic (exact) mass is 365 g/mol. The number of piperidine rings is 1. The van der Waals surface area contributed by atoms with Crippen LogP contribution in [0, 0.1) is 11.3 Å². The zero-order valence-corrected chi connectivity index (χ0v) is 16.6. The summed E-state index contributed by atoms with van der Waals surface area (Å²) >= 11 is 6.02. The Morgan fingerprint density at radius 1 is 1.36 bits per heavy atom. The lowest BCUT2D eigenvalue weighted by Crippen LogP contribution is -2.55. The Morgan fingerprint density at radius 2 is 2.00 bits per heavy atom. The summed E-state index contributed by atoms with van der Waals surface area (Å²) in [6.07, 6.45) is 0.974. The minimum Gasteiger partial charge on any atom is -0.341 e. The Kier molecular flexibility index (Phi) is 6.89. The Bertz CT molecular complexity index is 571. The molecule has 1 aromatic rings. The van der Waals surface area contributed by atoms with Gasteiger partial charge in [0.25, 0.3) is 0 Å². The molecule has 140 valence electrons. The quantitative estimate of drug-likeness (QED) is 0.813. The Hall–Kier alpha value is -1.10. The van der Waals surface area contributed by atoms with Crippen molar-refractivity contribution in [1.82, 2.24) is 10.2 Å². The van der Waals surface area contributed by atoms with E-state index in [0.29, 0.717) is 19.0 Å². The highest BCUT2D eigenvalue weighted by Crippen LogP contribution is 2.42. The lowest BCUT2D eigenvalue weighted by molar-refractivity contribution is -0.138. The average Bonchev–Trinajstić information content (AvgIpc) is 2.55. The number of amides is 1. The van der Waals surface area contributed by atoms with Gasteiger partial charge in [0.1, 0.15) is 0 Å². The number of carbonyl (C=O) groups is 1. The van der Waals surface area contributed by atoms with E-state index in [4.69, 9.17) is 17.3 Å². The van der Waals surface area contributed by atoms with Gasteiger partial charge < -0.3 is 16.0 Å². The van der Waals surface area contributed by atoms with E-state index in [1.54, 1.807) is 0 Å². The number of benzene rings is 1. The minimum atomic E-state index is -0.161. The number of rotatable bonds is 6. The standard InChI is InChI=1S/C20H32ClN3O/c1-14(2)18(23-11-10-22)19(25)24-12-9-17(20(3,4)13-24)15-5-7-16(21)8-6-15/h5-8,14,17-18,23H,9-13,22H2,1-4H3/t17?,18-/m1/s1. The smallest absolute Gasteiger partial charge is 0.239 e. The van der Waals surface area contributed by atoms with Crippen LogP contribution in [0.5, 0.6) is 0 Å². The molecule has 1 unspecified atom stereocenters. The van der Waals surface area contributed by atoms with Crippen molar-refractivity contribution in [3.05, 3.63) is 34.9 Å². The first kappa shape index (κ1) is 20.2. The van der Waals surface area contributed by atoms with Crippen molar-refractivity contribution in [2.45, 2.75) is 46.1 Å².